The molecule has 2 aromatic heterocycles. The molecule has 4 aromatic rings. The van der Waals surface area contributed by atoms with Crippen molar-refractivity contribution in [2.24, 2.45) is 0 Å². The first kappa shape index (κ1) is 24.0. The number of rotatable bonds is 9. The number of hydrogen-bond donors (Lipinski definition) is 1. The molecule has 4 rings (SSSR count). The summed E-state index contributed by atoms with van der Waals surface area (Å²) in [5.74, 6) is -0.439. The highest BCUT2D eigenvalue weighted by Crippen LogP contribution is 2.29. The molecule has 172 valence electrons. The fraction of sp³-hybridized carbons (Fsp3) is 0.148. The molecule has 0 aliphatic heterocycles. The fourth-order valence-corrected chi connectivity index (χ4v) is 4.72. The van der Waals surface area contributed by atoms with Crippen LogP contribution in [0.4, 0.5) is 0 Å². The van der Waals surface area contributed by atoms with Crippen molar-refractivity contribution in [2.75, 3.05) is 12.4 Å². The van der Waals surface area contributed by atoms with E-state index in [0.29, 0.717) is 22.4 Å². The van der Waals surface area contributed by atoms with E-state index in [1.54, 1.807) is 18.3 Å². The highest BCUT2D eigenvalue weighted by molar-refractivity contribution is 7.99. The van der Waals surface area contributed by atoms with Crippen molar-refractivity contribution in [3.8, 4) is 0 Å². The molecular formula is C27H23ClN2O3S. The van der Waals surface area contributed by atoms with Gasteiger partial charge in [0, 0.05) is 29.0 Å². The molecule has 0 bridgehead atoms. The predicted molar refractivity (Wildman–Crippen MR) is 138 cm³/mol. The maximum Gasteiger partial charge on any atom is 0.338 e. The number of thioether (sulfide) groups is 1. The number of carboxylic acid groups (broad SMARTS) is 1. The van der Waals surface area contributed by atoms with Crippen LogP contribution in [0.1, 0.15) is 40.2 Å². The van der Waals surface area contributed by atoms with Crippen LogP contribution in [0.25, 0.3) is 23.1 Å². The molecule has 0 aliphatic carbocycles. The lowest BCUT2D eigenvalue weighted by Crippen LogP contribution is -2.09. The van der Waals surface area contributed by atoms with Gasteiger partial charge >= 0.3 is 5.97 Å². The monoisotopic (exact) mass is 490 g/mol. The number of aromatic nitrogens is 2. The molecule has 0 saturated carbocycles. The molecule has 1 N–H and O–H groups in total. The van der Waals surface area contributed by atoms with Crippen LogP contribution in [-0.4, -0.2) is 33.4 Å². The predicted octanol–water partition coefficient (Wildman–Crippen LogP) is 7.02. The SMILES string of the molecule is CCOC(CSc1ncccc1C(=O)O)c1cccc(/C=C/c2ccc3ccc(Cl)cc3n2)c1. The van der Waals surface area contributed by atoms with Gasteiger partial charge in [0.15, 0.2) is 0 Å². The first-order valence-electron chi connectivity index (χ1n) is 10.8. The van der Waals surface area contributed by atoms with Crippen molar-refractivity contribution in [3.63, 3.8) is 0 Å². The third kappa shape index (κ3) is 6.03. The van der Waals surface area contributed by atoms with Crippen molar-refractivity contribution in [1.29, 1.82) is 0 Å². The van der Waals surface area contributed by atoms with Gasteiger partial charge in [-0.05, 0) is 60.5 Å². The summed E-state index contributed by atoms with van der Waals surface area (Å²) >= 11 is 7.48. The minimum absolute atomic E-state index is 0.198. The Morgan fingerprint density at radius 2 is 1.97 bits per heavy atom. The summed E-state index contributed by atoms with van der Waals surface area (Å²) in [6, 6.07) is 21.0. The number of ether oxygens (including phenoxy) is 1. The molecule has 7 heteroatoms. The molecule has 5 nitrogen and oxygen atoms in total. The van der Waals surface area contributed by atoms with Gasteiger partial charge < -0.3 is 9.84 Å². The van der Waals surface area contributed by atoms with Gasteiger partial charge in [-0.2, -0.15) is 0 Å². The van der Waals surface area contributed by atoms with Crippen LogP contribution in [0.5, 0.6) is 0 Å². The standard InChI is InChI=1S/C27H23ClN2O3S/c1-2-33-25(17-34-26-23(27(31)32)7-4-14-29-26)20-6-3-5-18(15-20)8-12-22-13-10-19-9-11-21(28)16-24(19)30-22/h3-16,25H,2,17H2,1H3,(H,31,32)/b12-8+. The van der Waals surface area contributed by atoms with Gasteiger partial charge in [-0.1, -0.05) is 48.0 Å². The lowest BCUT2D eigenvalue weighted by Gasteiger charge is -2.18. The van der Waals surface area contributed by atoms with Crippen molar-refractivity contribution in [2.45, 2.75) is 18.1 Å². The lowest BCUT2D eigenvalue weighted by molar-refractivity contribution is 0.0691. The number of aromatic carboxylic acids is 1. The smallest absolute Gasteiger partial charge is 0.338 e. The maximum absolute atomic E-state index is 11.5. The van der Waals surface area contributed by atoms with E-state index < -0.39 is 5.97 Å². The largest absolute Gasteiger partial charge is 0.478 e. The third-order valence-corrected chi connectivity index (χ3v) is 6.45. The van der Waals surface area contributed by atoms with E-state index in [-0.39, 0.29) is 11.7 Å². The molecule has 0 saturated heterocycles. The Morgan fingerprint density at radius 3 is 2.79 bits per heavy atom. The van der Waals surface area contributed by atoms with Crippen LogP contribution in [0, 0.1) is 0 Å². The number of nitrogens with zero attached hydrogens (tertiary/aromatic N) is 2. The topological polar surface area (TPSA) is 72.3 Å². The Balaban J connectivity index is 1.52. The summed E-state index contributed by atoms with van der Waals surface area (Å²) in [5.41, 5.74) is 3.93. The second-order valence-electron chi connectivity index (χ2n) is 7.49. The molecular weight excluding hydrogens is 468 g/mol. The Hall–Kier alpha value is -3.19. The summed E-state index contributed by atoms with van der Waals surface area (Å²) in [6.45, 7) is 2.49. The molecule has 0 aliphatic rings. The van der Waals surface area contributed by atoms with E-state index in [1.807, 2.05) is 67.6 Å². The fourth-order valence-electron chi connectivity index (χ4n) is 3.51. The van der Waals surface area contributed by atoms with Crippen LogP contribution >= 0.6 is 23.4 Å². The number of carboxylic acids is 1. The minimum atomic E-state index is -0.986. The Morgan fingerprint density at radius 1 is 1.12 bits per heavy atom. The van der Waals surface area contributed by atoms with Gasteiger partial charge in [0.05, 0.1) is 22.9 Å². The first-order valence-corrected chi connectivity index (χ1v) is 12.2. The number of hydrogen-bond acceptors (Lipinski definition) is 5. The number of halogens is 1. The lowest BCUT2D eigenvalue weighted by atomic mass is 10.1. The third-order valence-electron chi connectivity index (χ3n) is 5.15. The zero-order chi connectivity index (χ0) is 23.9. The molecule has 0 fully saturated rings. The van der Waals surface area contributed by atoms with Crippen molar-refractivity contribution in [1.82, 2.24) is 9.97 Å². The van der Waals surface area contributed by atoms with E-state index in [1.165, 1.54) is 11.8 Å². The molecule has 2 aromatic carbocycles. The zero-order valence-corrected chi connectivity index (χ0v) is 20.1. The van der Waals surface area contributed by atoms with E-state index in [4.69, 9.17) is 16.3 Å². The Kier molecular flexibility index (Phi) is 7.95. The van der Waals surface area contributed by atoms with Crippen molar-refractivity contribution >= 4 is 52.4 Å². The molecule has 0 spiro atoms. The molecule has 0 amide bonds. The first-order chi connectivity index (χ1) is 16.5. The molecule has 34 heavy (non-hydrogen) atoms. The normalized spacial score (nSPS) is 12.3. The van der Waals surface area contributed by atoms with Crippen molar-refractivity contribution < 1.29 is 14.6 Å². The summed E-state index contributed by atoms with van der Waals surface area (Å²) in [5, 5.41) is 11.6. The summed E-state index contributed by atoms with van der Waals surface area (Å²) in [7, 11) is 0. The molecule has 2 heterocycles. The van der Waals surface area contributed by atoms with Gasteiger partial charge in [-0.15, -0.1) is 11.8 Å². The van der Waals surface area contributed by atoms with Gasteiger partial charge in [-0.25, -0.2) is 14.8 Å². The van der Waals surface area contributed by atoms with Gasteiger partial charge in [0.2, 0.25) is 0 Å². The second-order valence-corrected chi connectivity index (χ2v) is 8.94. The molecule has 0 radical (unpaired) electrons. The average Bonchev–Trinajstić information content (AvgIpc) is 2.85. The summed E-state index contributed by atoms with van der Waals surface area (Å²) in [4.78, 5) is 20.4. The number of benzene rings is 2. The number of fused-ring (bicyclic) bond motifs is 1. The van der Waals surface area contributed by atoms with E-state index in [9.17, 15) is 9.90 Å². The average molecular weight is 491 g/mol. The van der Waals surface area contributed by atoms with Gasteiger partial charge in [0.25, 0.3) is 0 Å². The second kappa shape index (κ2) is 11.3. The van der Waals surface area contributed by atoms with Crippen LogP contribution in [0.3, 0.4) is 0 Å². The quantitative estimate of drug-likeness (QED) is 0.254. The Labute approximate surface area is 207 Å². The zero-order valence-electron chi connectivity index (χ0n) is 18.5. The van der Waals surface area contributed by atoms with E-state index in [0.717, 1.165) is 27.7 Å². The minimum Gasteiger partial charge on any atom is -0.478 e. The van der Waals surface area contributed by atoms with Crippen molar-refractivity contribution in [3.05, 3.63) is 100 Å². The highest BCUT2D eigenvalue weighted by Gasteiger charge is 2.16. The maximum atomic E-state index is 11.5. The van der Waals surface area contributed by atoms with E-state index >= 15 is 0 Å². The van der Waals surface area contributed by atoms with Crippen LogP contribution in [-0.2, 0) is 4.74 Å². The highest BCUT2D eigenvalue weighted by atomic mass is 35.5. The molecule has 1 unspecified atom stereocenters. The van der Waals surface area contributed by atoms with Crippen LogP contribution in [0.2, 0.25) is 5.02 Å². The Bertz CT molecular complexity index is 1340. The van der Waals surface area contributed by atoms with Crippen LogP contribution in [0.15, 0.2) is 78.0 Å². The van der Waals surface area contributed by atoms with Gasteiger partial charge in [0.1, 0.15) is 5.03 Å². The molecule has 1 atom stereocenters. The number of carbonyl (C=O) groups is 1. The summed E-state index contributed by atoms with van der Waals surface area (Å²) in [6.07, 6.45) is 5.38. The van der Waals surface area contributed by atoms with E-state index in [2.05, 4.69) is 16.0 Å². The van der Waals surface area contributed by atoms with Gasteiger partial charge in [-0.3, -0.25) is 0 Å². The summed E-state index contributed by atoms with van der Waals surface area (Å²) < 4.78 is 5.98. The van der Waals surface area contributed by atoms with Crippen LogP contribution < -0.4 is 0 Å². The number of pyridine rings is 2.